The summed E-state index contributed by atoms with van der Waals surface area (Å²) in [6, 6.07) is 1.16. The largest absolute Gasteiger partial charge is 0.495 e. The summed E-state index contributed by atoms with van der Waals surface area (Å²) in [5.74, 6) is -0.556. The molecule has 0 unspecified atom stereocenters. The molecule has 1 aromatic carbocycles. The van der Waals surface area contributed by atoms with E-state index in [0.717, 1.165) is 22.2 Å². The SMILES string of the molecule is CC[C@@H](NOCN[C@@H](Cc1ccc(B2OC(C)(C)C(C)(C)O2)c2c1COC2)C(=O)OC)C(F)(F)F. The average molecular weight is 502 g/mol. The molecule has 2 N–H and O–H groups in total. The van der Waals surface area contributed by atoms with Gasteiger partial charge in [0.1, 0.15) is 18.8 Å². The van der Waals surface area contributed by atoms with Crippen LogP contribution in [0.1, 0.15) is 57.7 Å². The van der Waals surface area contributed by atoms with Crippen molar-refractivity contribution in [1.29, 1.82) is 0 Å². The quantitative estimate of drug-likeness (QED) is 0.166. The van der Waals surface area contributed by atoms with Crippen LogP contribution in [-0.2, 0) is 48.0 Å². The molecule has 196 valence electrons. The highest BCUT2D eigenvalue weighted by atomic mass is 19.4. The minimum atomic E-state index is -4.43. The third-order valence-electron chi connectivity index (χ3n) is 6.91. The lowest BCUT2D eigenvalue weighted by Gasteiger charge is -2.32. The standard InChI is InChI=1S/C23H34BF3N2O6/c1-7-19(23(25,26)27)29-33-13-28-18(20(30)31-6)10-14-8-9-17(16-12-32-11-15(14)16)24-34-21(2,3)22(4,5)35-24/h8-9,18-19,28-29H,7,10-13H2,1-6H3/t18-,19+/m0/s1. The Morgan fingerprint density at radius 2 is 1.77 bits per heavy atom. The van der Waals surface area contributed by atoms with E-state index in [1.165, 1.54) is 14.0 Å². The number of benzene rings is 1. The van der Waals surface area contributed by atoms with Gasteiger partial charge in [0.15, 0.2) is 0 Å². The summed E-state index contributed by atoms with van der Waals surface area (Å²) in [7, 11) is 0.709. The fourth-order valence-electron chi connectivity index (χ4n) is 4.01. The van der Waals surface area contributed by atoms with Crippen molar-refractivity contribution in [3.05, 3.63) is 28.8 Å². The lowest BCUT2D eigenvalue weighted by Crippen LogP contribution is -2.46. The molecule has 12 heteroatoms. The number of hydrogen-bond acceptors (Lipinski definition) is 8. The maximum atomic E-state index is 12.9. The van der Waals surface area contributed by atoms with Gasteiger partial charge < -0.3 is 18.8 Å². The third-order valence-corrected chi connectivity index (χ3v) is 6.91. The van der Waals surface area contributed by atoms with E-state index in [2.05, 4.69) is 5.32 Å². The molecule has 1 saturated heterocycles. The maximum Gasteiger partial charge on any atom is 0.495 e. The summed E-state index contributed by atoms with van der Waals surface area (Å²) in [5, 5.41) is 2.82. The molecule has 2 aliphatic rings. The van der Waals surface area contributed by atoms with Gasteiger partial charge in [0.05, 0.1) is 31.5 Å². The zero-order chi connectivity index (χ0) is 26.0. The summed E-state index contributed by atoms with van der Waals surface area (Å²) in [4.78, 5) is 17.3. The molecule has 2 aliphatic heterocycles. The Balaban J connectivity index is 1.71. The van der Waals surface area contributed by atoms with E-state index in [9.17, 15) is 18.0 Å². The highest BCUT2D eigenvalue weighted by molar-refractivity contribution is 6.62. The lowest BCUT2D eigenvalue weighted by atomic mass is 9.74. The Kier molecular flexibility index (Phi) is 8.55. The van der Waals surface area contributed by atoms with Crippen molar-refractivity contribution in [2.75, 3.05) is 13.8 Å². The van der Waals surface area contributed by atoms with Gasteiger partial charge in [-0.15, -0.1) is 0 Å². The van der Waals surface area contributed by atoms with Crippen LogP contribution in [0.3, 0.4) is 0 Å². The van der Waals surface area contributed by atoms with Crippen molar-refractivity contribution in [3.8, 4) is 0 Å². The zero-order valence-electron chi connectivity index (χ0n) is 21.0. The number of hydrogen-bond donors (Lipinski definition) is 2. The molecule has 0 aliphatic carbocycles. The molecule has 2 atom stereocenters. The van der Waals surface area contributed by atoms with Crippen LogP contribution in [-0.4, -0.2) is 56.4 Å². The van der Waals surface area contributed by atoms with E-state index in [4.69, 9.17) is 23.6 Å². The summed E-state index contributed by atoms with van der Waals surface area (Å²) in [6.45, 7) is 9.78. The predicted molar refractivity (Wildman–Crippen MR) is 123 cm³/mol. The Morgan fingerprint density at radius 1 is 1.14 bits per heavy atom. The van der Waals surface area contributed by atoms with E-state index in [1.807, 2.05) is 45.3 Å². The first-order chi connectivity index (χ1) is 16.3. The molecule has 0 spiro atoms. The van der Waals surface area contributed by atoms with E-state index >= 15 is 0 Å². The number of ether oxygens (including phenoxy) is 2. The first-order valence-electron chi connectivity index (χ1n) is 11.6. The predicted octanol–water partition coefficient (Wildman–Crippen LogP) is 2.51. The molecule has 1 fully saturated rings. The molecule has 8 nitrogen and oxygen atoms in total. The fourth-order valence-corrected chi connectivity index (χ4v) is 4.01. The van der Waals surface area contributed by atoms with Gasteiger partial charge in [-0.25, -0.2) is 0 Å². The van der Waals surface area contributed by atoms with Crippen molar-refractivity contribution in [2.24, 2.45) is 0 Å². The Bertz CT molecular complexity index is 896. The van der Waals surface area contributed by atoms with E-state index in [1.54, 1.807) is 0 Å². The Labute approximate surface area is 204 Å². The minimum absolute atomic E-state index is 0.189. The van der Waals surface area contributed by atoms with Gasteiger partial charge in [0.25, 0.3) is 0 Å². The third kappa shape index (κ3) is 6.18. The van der Waals surface area contributed by atoms with Gasteiger partial charge in [0, 0.05) is 0 Å². The van der Waals surface area contributed by atoms with Crippen molar-refractivity contribution >= 4 is 18.6 Å². The Hall–Kier alpha value is -1.70. The van der Waals surface area contributed by atoms with Gasteiger partial charge in [-0.05, 0) is 62.7 Å². The number of methoxy groups -OCH3 is 1. The van der Waals surface area contributed by atoms with E-state index in [0.29, 0.717) is 13.2 Å². The number of esters is 1. The molecule has 0 aromatic heterocycles. The normalized spacial score (nSPS) is 20.5. The second-order valence-electron chi connectivity index (χ2n) is 9.75. The molecule has 0 radical (unpaired) electrons. The van der Waals surface area contributed by atoms with E-state index in [-0.39, 0.29) is 19.6 Å². The van der Waals surface area contributed by atoms with Gasteiger partial charge >= 0.3 is 19.3 Å². The summed E-state index contributed by atoms with van der Waals surface area (Å²) >= 11 is 0. The molecule has 1 aromatic rings. The average Bonchev–Trinajstić information content (AvgIpc) is 3.33. The summed E-state index contributed by atoms with van der Waals surface area (Å²) in [6.07, 6.45) is -4.39. The number of halogens is 3. The van der Waals surface area contributed by atoms with Crippen LogP contribution < -0.4 is 16.3 Å². The van der Waals surface area contributed by atoms with Crippen LogP contribution in [0.25, 0.3) is 0 Å². The number of alkyl halides is 3. The maximum absolute atomic E-state index is 12.9. The molecule has 0 bridgehead atoms. The molecule has 2 heterocycles. The summed E-state index contributed by atoms with van der Waals surface area (Å²) in [5.41, 5.74) is 4.65. The van der Waals surface area contributed by atoms with E-state index < -0.39 is 42.5 Å². The number of fused-ring (bicyclic) bond motifs is 1. The molecule has 0 amide bonds. The fraction of sp³-hybridized carbons (Fsp3) is 0.696. The minimum Gasteiger partial charge on any atom is -0.468 e. The second-order valence-corrected chi connectivity index (χ2v) is 9.75. The molecular formula is C23H34BF3N2O6. The number of rotatable bonds is 10. The van der Waals surface area contributed by atoms with Gasteiger partial charge in [0.2, 0.25) is 0 Å². The van der Waals surface area contributed by atoms with Crippen molar-refractivity contribution in [1.82, 2.24) is 10.8 Å². The highest BCUT2D eigenvalue weighted by Crippen LogP contribution is 2.37. The molecule has 35 heavy (non-hydrogen) atoms. The van der Waals surface area contributed by atoms with Gasteiger partial charge in [-0.2, -0.15) is 18.7 Å². The highest BCUT2D eigenvalue weighted by Gasteiger charge is 2.52. The van der Waals surface area contributed by atoms with Crippen molar-refractivity contribution in [3.63, 3.8) is 0 Å². The van der Waals surface area contributed by atoms with Crippen LogP contribution in [0, 0.1) is 0 Å². The van der Waals surface area contributed by atoms with Crippen molar-refractivity contribution < 1.29 is 41.6 Å². The number of carbonyl (C=O) groups is 1. The lowest BCUT2D eigenvalue weighted by molar-refractivity contribution is -0.187. The smallest absolute Gasteiger partial charge is 0.468 e. The van der Waals surface area contributed by atoms with Gasteiger partial charge in [-0.1, -0.05) is 19.1 Å². The molecular weight excluding hydrogens is 468 g/mol. The van der Waals surface area contributed by atoms with Crippen LogP contribution >= 0.6 is 0 Å². The van der Waals surface area contributed by atoms with Crippen LogP contribution in [0.15, 0.2) is 12.1 Å². The number of nitrogens with one attached hydrogen (secondary N) is 2. The number of hydroxylamine groups is 1. The zero-order valence-corrected chi connectivity index (χ0v) is 21.0. The number of carbonyl (C=O) groups excluding carboxylic acids is 1. The topological polar surface area (TPSA) is 87.3 Å². The van der Waals surface area contributed by atoms with Crippen LogP contribution in [0.5, 0.6) is 0 Å². The molecule has 0 saturated carbocycles. The van der Waals surface area contributed by atoms with Crippen LogP contribution in [0.4, 0.5) is 13.2 Å². The van der Waals surface area contributed by atoms with Gasteiger partial charge in [-0.3, -0.25) is 14.9 Å². The first-order valence-corrected chi connectivity index (χ1v) is 11.6. The van der Waals surface area contributed by atoms with Crippen molar-refractivity contribution in [2.45, 2.75) is 90.1 Å². The Morgan fingerprint density at radius 3 is 2.34 bits per heavy atom. The monoisotopic (exact) mass is 502 g/mol. The second kappa shape index (κ2) is 10.7. The van der Waals surface area contributed by atoms with Crippen LogP contribution in [0.2, 0.25) is 0 Å². The first kappa shape index (κ1) is 27.9. The molecule has 3 rings (SSSR count). The summed E-state index contributed by atoms with van der Waals surface area (Å²) < 4.78 is 61.6.